The highest BCUT2D eigenvalue weighted by Gasteiger charge is 2.14. The van der Waals surface area contributed by atoms with E-state index in [4.69, 9.17) is 4.99 Å². The number of rotatable bonds is 9. The molecule has 0 radical (unpaired) electrons. The minimum atomic E-state index is 0. The van der Waals surface area contributed by atoms with Crippen LogP contribution in [-0.4, -0.2) is 62.1 Å². The van der Waals surface area contributed by atoms with Crippen molar-refractivity contribution in [2.45, 2.75) is 59.3 Å². The molecule has 23 heavy (non-hydrogen) atoms. The van der Waals surface area contributed by atoms with Crippen LogP contribution >= 0.6 is 24.0 Å². The van der Waals surface area contributed by atoms with E-state index in [-0.39, 0.29) is 24.0 Å². The second kappa shape index (κ2) is 14.3. The second-order valence-corrected chi connectivity index (χ2v) is 6.74. The van der Waals surface area contributed by atoms with Gasteiger partial charge in [0.2, 0.25) is 0 Å². The van der Waals surface area contributed by atoms with Crippen molar-refractivity contribution in [2.75, 3.05) is 46.3 Å². The number of unbranched alkanes of at least 4 members (excludes halogenated alkanes) is 2. The molecule has 0 spiro atoms. The van der Waals surface area contributed by atoms with Crippen LogP contribution in [0.15, 0.2) is 4.99 Å². The van der Waals surface area contributed by atoms with Crippen molar-refractivity contribution >= 4 is 29.9 Å². The molecule has 1 aliphatic heterocycles. The van der Waals surface area contributed by atoms with Crippen LogP contribution < -0.4 is 5.32 Å². The average molecular weight is 438 g/mol. The molecule has 0 amide bonds. The highest BCUT2D eigenvalue weighted by atomic mass is 127. The summed E-state index contributed by atoms with van der Waals surface area (Å²) in [5.41, 5.74) is 0. The molecular formula is C18H39IN4. The minimum absolute atomic E-state index is 0. The lowest BCUT2D eigenvalue weighted by molar-refractivity contribution is 0.190. The molecule has 1 fully saturated rings. The fraction of sp³-hybridized carbons (Fsp3) is 0.944. The van der Waals surface area contributed by atoms with E-state index < -0.39 is 0 Å². The summed E-state index contributed by atoms with van der Waals surface area (Å²) in [6.07, 6.45) is 7.70. The Labute approximate surface area is 161 Å². The summed E-state index contributed by atoms with van der Waals surface area (Å²) in [4.78, 5) is 9.66. The van der Waals surface area contributed by atoms with E-state index in [0.717, 1.165) is 31.5 Å². The van der Waals surface area contributed by atoms with Gasteiger partial charge < -0.3 is 15.1 Å². The molecule has 0 aromatic heterocycles. The summed E-state index contributed by atoms with van der Waals surface area (Å²) in [7, 11) is 2.14. The Balaban J connectivity index is 0.00000484. The zero-order valence-corrected chi connectivity index (χ0v) is 18.1. The van der Waals surface area contributed by atoms with Crippen LogP contribution in [0.2, 0.25) is 0 Å². The van der Waals surface area contributed by atoms with Crippen molar-refractivity contribution in [2.24, 2.45) is 10.9 Å². The van der Waals surface area contributed by atoms with E-state index >= 15 is 0 Å². The Morgan fingerprint density at radius 3 is 2.48 bits per heavy atom. The van der Waals surface area contributed by atoms with Crippen LogP contribution in [-0.2, 0) is 0 Å². The summed E-state index contributed by atoms with van der Waals surface area (Å²) in [6.45, 7) is 13.6. The fourth-order valence-electron chi connectivity index (χ4n) is 2.89. The topological polar surface area (TPSA) is 30.9 Å². The number of guanidine groups is 1. The largest absolute Gasteiger partial charge is 0.357 e. The van der Waals surface area contributed by atoms with Gasteiger partial charge in [-0.2, -0.15) is 0 Å². The van der Waals surface area contributed by atoms with Crippen LogP contribution in [0.5, 0.6) is 0 Å². The number of likely N-dealkylation sites (tertiary alicyclic amines) is 1. The third-order valence-corrected chi connectivity index (χ3v) is 4.56. The maximum absolute atomic E-state index is 4.77. The number of halogens is 1. The van der Waals surface area contributed by atoms with Gasteiger partial charge in [-0.05, 0) is 64.6 Å². The number of piperidine rings is 1. The molecule has 0 aliphatic carbocycles. The first-order chi connectivity index (χ1) is 10.7. The monoisotopic (exact) mass is 438 g/mol. The van der Waals surface area contributed by atoms with Crippen molar-refractivity contribution in [3.63, 3.8) is 0 Å². The van der Waals surface area contributed by atoms with Crippen molar-refractivity contribution in [3.05, 3.63) is 0 Å². The first kappa shape index (κ1) is 23.0. The lowest BCUT2D eigenvalue weighted by atomic mass is 9.99. The molecule has 1 heterocycles. The van der Waals surface area contributed by atoms with Crippen LogP contribution in [0.3, 0.4) is 0 Å². The summed E-state index contributed by atoms with van der Waals surface area (Å²) in [6, 6.07) is 0. The molecule has 1 aliphatic rings. The van der Waals surface area contributed by atoms with Gasteiger partial charge in [-0.15, -0.1) is 24.0 Å². The van der Waals surface area contributed by atoms with Gasteiger partial charge in [-0.3, -0.25) is 4.99 Å². The third-order valence-electron chi connectivity index (χ3n) is 4.56. The van der Waals surface area contributed by atoms with Gasteiger partial charge in [0.15, 0.2) is 5.96 Å². The predicted octanol–water partition coefficient (Wildman–Crippen LogP) is 3.81. The molecule has 1 saturated heterocycles. The van der Waals surface area contributed by atoms with Gasteiger partial charge in [-0.1, -0.05) is 20.3 Å². The van der Waals surface area contributed by atoms with Gasteiger partial charge >= 0.3 is 0 Å². The van der Waals surface area contributed by atoms with E-state index in [0.29, 0.717) is 0 Å². The molecule has 0 unspecified atom stereocenters. The van der Waals surface area contributed by atoms with Gasteiger partial charge in [0, 0.05) is 26.7 Å². The summed E-state index contributed by atoms with van der Waals surface area (Å²) >= 11 is 0. The molecule has 0 aromatic rings. The van der Waals surface area contributed by atoms with Gasteiger partial charge in [0.25, 0.3) is 0 Å². The van der Waals surface area contributed by atoms with E-state index in [9.17, 15) is 0 Å². The zero-order chi connectivity index (χ0) is 16.2. The minimum Gasteiger partial charge on any atom is -0.357 e. The molecule has 1 N–H and O–H groups in total. The van der Waals surface area contributed by atoms with Crippen LogP contribution in [0.25, 0.3) is 0 Å². The van der Waals surface area contributed by atoms with E-state index in [1.807, 2.05) is 0 Å². The highest BCUT2D eigenvalue weighted by molar-refractivity contribution is 14.0. The standard InChI is InChI=1S/C18H38N4.HI/c1-5-7-13-21(4)18(19-6-2)20-12-8-9-14-22-15-10-17(3)11-16-22;/h17H,5-16H2,1-4H3,(H,19,20);1H. The van der Waals surface area contributed by atoms with Crippen molar-refractivity contribution in [1.29, 1.82) is 0 Å². The van der Waals surface area contributed by atoms with Gasteiger partial charge in [-0.25, -0.2) is 0 Å². The molecule has 1 rings (SSSR count). The van der Waals surface area contributed by atoms with Crippen molar-refractivity contribution in [1.82, 2.24) is 15.1 Å². The Bertz CT molecular complexity index is 301. The number of hydrogen-bond acceptors (Lipinski definition) is 2. The molecule has 0 atom stereocenters. The Morgan fingerprint density at radius 1 is 1.17 bits per heavy atom. The second-order valence-electron chi connectivity index (χ2n) is 6.74. The fourth-order valence-corrected chi connectivity index (χ4v) is 2.89. The predicted molar refractivity (Wildman–Crippen MR) is 113 cm³/mol. The van der Waals surface area contributed by atoms with Crippen LogP contribution in [0.1, 0.15) is 59.3 Å². The number of hydrogen-bond donors (Lipinski definition) is 1. The number of nitrogens with one attached hydrogen (secondary N) is 1. The molecule has 4 nitrogen and oxygen atoms in total. The maximum atomic E-state index is 4.77. The third kappa shape index (κ3) is 10.4. The normalized spacial score (nSPS) is 17.0. The smallest absolute Gasteiger partial charge is 0.193 e. The first-order valence-electron chi connectivity index (χ1n) is 9.39. The van der Waals surface area contributed by atoms with Crippen LogP contribution in [0, 0.1) is 5.92 Å². The number of aliphatic imine (C=N–C) groups is 1. The van der Waals surface area contributed by atoms with E-state index in [1.54, 1.807) is 0 Å². The maximum Gasteiger partial charge on any atom is 0.193 e. The van der Waals surface area contributed by atoms with Gasteiger partial charge in [0.05, 0.1) is 0 Å². The van der Waals surface area contributed by atoms with Crippen molar-refractivity contribution in [3.8, 4) is 0 Å². The molecule has 0 bridgehead atoms. The first-order valence-corrected chi connectivity index (χ1v) is 9.39. The lowest BCUT2D eigenvalue weighted by Crippen LogP contribution is -2.39. The Kier molecular flexibility index (Phi) is 14.3. The summed E-state index contributed by atoms with van der Waals surface area (Å²) in [5, 5.41) is 3.40. The zero-order valence-electron chi connectivity index (χ0n) is 15.8. The average Bonchev–Trinajstić information content (AvgIpc) is 2.53. The quantitative estimate of drug-likeness (QED) is 0.257. The lowest BCUT2D eigenvalue weighted by Gasteiger charge is -2.30. The van der Waals surface area contributed by atoms with E-state index in [1.165, 1.54) is 58.2 Å². The molecule has 138 valence electrons. The molecule has 0 saturated carbocycles. The van der Waals surface area contributed by atoms with E-state index in [2.05, 4.69) is 42.9 Å². The Morgan fingerprint density at radius 2 is 1.87 bits per heavy atom. The van der Waals surface area contributed by atoms with Crippen molar-refractivity contribution < 1.29 is 0 Å². The summed E-state index contributed by atoms with van der Waals surface area (Å²) < 4.78 is 0. The highest BCUT2D eigenvalue weighted by Crippen LogP contribution is 2.16. The molecular weight excluding hydrogens is 399 g/mol. The summed E-state index contributed by atoms with van der Waals surface area (Å²) in [5.74, 6) is 2.00. The molecule has 0 aromatic carbocycles. The van der Waals surface area contributed by atoms with Crippen LogP contribution in [0.4, 0.5) is 0 Å². The Hall–Kier alpha value is -0.0400. The molecule has 5 heteroatoms. The SMILES string of the molecule is CCCCN(C)C(=NCCCCN1CCC(C)CC1)NCC.I. The van der Waals surface area contributed by atoms with Gasteiger partial charge in [0.1, 0.15) is 0 Å². The number of nitrogens with zero attached hydrogens (tertiary/aromatic N) is 3.